The van der Waals surface area contributed by atoms with Crippen LogP contribution in [0.3, 0.4) is 0 Å². The third kappa shape index (κ3) is 4.00. The summed E-state index contributed by atoms with van der Waals surface area (Å²) < 4.78 is 5.38. The lowest BCUT2D eigenvalue weighted by atomic mass is 10.1. The molecule has 0 heterocycles. The fraction of sp³-hybridized carbons (Fsp3) is 0.462. The number of nitrogens with two attached hydrogens (primary N) is 1. The number of nitrogens with one attached hydrogen (secondary N) is 1. The molecule has 1 aromatic rings. The first kappa shape index (κ1) is 14.4. The van der Waals surface area contributed by atoms with Crippen molar-refractivity contribution in [1.82, 2.24) is 0 Å². The summed E-state index contributed by atoms with van der Waals surface area (Å²) in [7, 11) is 0. The lowest BCUT2D eigenvalue weighted by Gasteiger charge is -2.18. The molecule has 2 atom stereocenters. The van der Waals surface area contributed by atoms with Gasteiger partial charge in [0, 0.05) is 21.7 Å². The molecule has 6 heteroatoms. The molecule has 0 aliphatic heterocycles. The third-order valence-corrected chi connectivity index (χ3v) is 3.70. The van der Waals surface area contributed by atoms with Crippen molar-refractivity contribution >= 4 is 35.0 Å². The number of ether oxygens (including phenoxy) is 1. The van der Waals surface area contributed by atoms with Crippen LogP contribution in [0.1, 0.15) is 19.3 Å². The number of hydrogen-bond acceptors (Lipinski definition) is 3. The maximum Gasteiger partial charge on any atom is 0.411 e. The minimum absolute atomic E-state index is 0.0975. The fourth-order valence-corrected chi connectivity index (χ4v) is 2.86. The van der Waals surface area contributed by atoms with E-state index < -0.39 is 6.09 Å². The van der Waals surface area contributed by atoms with Crippen molar-refractivity contribution < 1.29 is 9.53 Å². The molecular weight excluding hydrogens is 287 g/mol. The Balaban J connectivity index is 1.93. The SMILES string of the molecule is NCC1CCCC1OC(=O)Nc1cc(Cl)cc(Cl)c1. The molecule has 0 aromatic heterocycles. The highest BCUT2D eigenvalue weighted by molar-refractivity contribution is 6.35. The highest BCUT2D eigenvalue weighted by Crippen LogP contribution is 2.28. The van der Waals surface area contributed by atoms with Gasteiger partial charge in [0.15, 0.2) is 0 Å². The Morgan fingerprint density at radius 1 is 1.32 bits per heavy atom. The van der Waals surface area contributed by atoms with Crippen LogP contribution < -0.4 is 11.1 Å². The van der Waals surface area contributed by atoms with Crippen molar-refractivity contribution in [3.05, 3.63) is 28.2 Å². The van der Waals surface area contributed by atoms with Crippen molar-refractivity contribution in [2.45, 2.75) is 25.4 Å². The Bertz CT molecular complexity index is 448. The first-order valence-electron chi connectivity index (χ1n) is 6.22. The number of carbonyl (C=O) groups is 1. The number of hydrogen-bond donors (Lipinski definition) is 2. The van der Waals surface area contributed by atoms with E-state index in [1.54, 1.807) is 18.2 Å². The molecule has 4 nitrogen and oxygen atoms in total. The predicted octanol–water partition coefficient (Wildman–Crippen LogP) is 3.67. The molecule has 1 saturated carbocycles. The van der Waals surface area contributed by atoms with E-state index in [-0.39, 0.29) is 12.0 Å². The number of benzene rings is 1. The van der Waals surface area contributed by atoms with E-state index in [1.807, 2.05) is 0 Å². The van der Waals surface area contributed by atoms with Crippen molar-refractivity contribution in [3.8, 4) is 0 Å². The lowest BCUT2D eigenvalue weighted by molar-refractivity contribution is 0.0893. The zero-order chi connectivity index (χ0) is 13.8. The third-order valence-electron chi connectivity index (χ3n) is 3.26. The minimum Gasteiger partial charge on any atom is -0.446 e. The van der Waals surface area contributed by atoms with Crippen LogP contribution in [-0.4, -0.2) is 18.7 Å². The van der Waals surface area contributed by atoms with Gasteiger partial charge in [-0.05, 0) is 44.0 Å². The van der Waals surface area contributed by atoms with Gasteiger partial charge in [-0.2, -0.15) is 0 Å². The molecule has 0 spiro atoms. The summed E-state index contributed by atoms with van der Waals surface area (Å²) in [6.45, 7) is 0.543. The lowest BCUT2D eigenvalue weighted by Crippen LogP contribution is -2.29. The second-order valence-corrected chi connectivity index (χ2v) is 5.53. The van der Waals surface area contributed by atoms with E-state index in [2.05, 4.69) is 5.32 Å². The van der Waals surface area contributed by atoms with E-state index in [0.717, 1.165) is 19.3 Å². The Morgan fingerprint density at radius 2 is 2.00 bits per heavy atom. The molecule has 2 unspecified atom stereocenters. The summed E-state index contributed by atoms with van der Waals surface area (Å²) in [5.74, 6) is 0.258. The molecule has 104 valence electrons. The summed E-state index contributed by atoms with van der Waals surface area (Å²) >= 11 is 11.7. The first-order valence-corrected chi connectivity index (χ1v) is 6.98. The van der Waals surface area contributed by atoms with Crippen LogP contribution in [0.15, 0.2) is 18.2 Å². The number of anilines is 1. The zero-order valence-electron chi connectivity index (χ0n) is 10.4. The van der Waals surface area contributed by atoms with Gasteiger partial charge in [-0.25, -0.2) is 4.79 Å². The maximum absolute atomic E-state index is 11.8. The van der Waals surface area contributed by atoms with Crippen LogP contribution in [0.2, 0.25) is 10.0 Å². The molecule has 0 saturated heterocycles. The van der Waals surface area contributed by atoms with Gasteiger partial charge >= 0.3 is 6.09 Å². The van der Waals surface area contributed by atoms with Gasteiger partial charge in [-0.1, -0.05) is 23.2 Å². The molecule has 2 rings (SSSR count). The van der Waals surface area contributed by atoms with E-state index in [4.69, 9.17) is 33.7 Å². The Labute approximate surface area is 122 Å². The standard InChI is InChI=1S/C13H16Cl2N2O2/c14-9-4-10(15)6-11(5-9)17-13(18)19-12-3-1-2-8(12)7-16/h4-6,8,12H,1-3,7,16H2,(H,17,18). The van der Waals surface area contributed by atoms with Crippen molar-refractivity contribution in [3.63, 3.8) is 0 Å². The normalized spacial score (nSPS) is 22.3. The van der Waals surface area contributed by atoms with Gasteiger partial charge in [-0.3, -0.25) is 5.32 Å². The van der Waals surface area contributed by atoms with Crippen LogP contribution >= 0.6 is 23.2 Å². The molecule has 1 aliphatic carbocycles. The van der Waals surface area contributed by atoms with Gasteiger partial charge in [-0.15, -0.1) is 0 Å². The van der Waals surface area contributed by atoms with Crippen LogP contribution in [0.4, 0.5) is 10.5 Å². The van der Waals surface area contributed by atoms with E-state index >= 15 is 0 Å². The van der Waals surface area contributed by atoms with Gasteiger partial charge in [0.2, 0.25) is 0 Å². The second kappa shape index (κ2) is 6.46. The predicted molar refractivity (Wildman–Crippen MR) is 76.7 cm³/mol. The van der Waals surface area contributed by atoms with Gasteiger partial charge < -0.3 is 10.5 Å². The van der Waals surface area contributed by atoms with Crippen molar-refractivity contribution in [2.24, 2.45) is 11.7 Å². The molecule has 19 heavy (non-hydrogen) atoms. The van der Waals surface area contributed by atoms with Gasteiger partial charge in [0.1, 0.15) is 6.10 Å². The number of carbonyl (C=O) groups excluding carboxylic acids is 1. The minimum atomic E-state index is -0.497. The van der Waals surface area contributed by atoms with Gasteiger partial charge in [0.05, 0.1) is 0 Å². The first-order chi connectivity index (χ1) is 9.08. The van der Waals surface area contributed by atoms with Crippen LogP contribution in [0.25, 0.3) is 0 Å². The van der Waals surface area contributed by atoms with Crippen molar-refractivity contribution in [1.29, 1.82) is 0 Å². The molecular formula is C13H16Cl2N2O2. The average Bonchev–Trinajstić information content (AvgIpc) is 2.74. The number of halogens is 2. The molecule has 1 amide bonds. The van der Waals surface area contributed by atoms with Crippen LogP contribution in [-0.2, 0) is 4.74 Å². The highest BCUT2D eigenvalue weighted by atomic mass is 35.5. The smallest absolute Gasteiger partial charge is 0.411 e. The molecule has 0 radical (unpaired) electrons. The number of rotatable bonds is 3. The molecule has 1 aromatic carbocycles. The Hall–Kier alpha value is -0.970. The molecule has 0 bridgehead atoms. The Morgan fingerprint density at radius 3 is 2.63 bits per heavy atom. The summed E-state index contributed by atoms with van der Waals surface area (Å²) in [5.41, 5.74) is 6.16. The number of amides is 1. The summed E-state index contributed by atoms with van der Waals surface area (Å²) in [6, 6.07) is 4.83. The fourth-order valence-electron chi connectivity index (χ4n) is 2.34. The van der Waals surface area contributed by atoms with Gasteiger partial charge in [0.25, 0.3) is 0 Å². The van der Waals surface area contributed by atoms with Crippen LogP contribution in [0, 0.1) is 5.92 Å². The van der Waals surface area contributed by atoms with Crippen molar-refractivity contribution in [2.75, 3.05) is 11.9 Å². The molecule has 3 N–H and O–H groups in total. The summed E-state index contributed by atoms with van der Waals surface area (Å²) in [6.07, 6.45) is 2.33. The quantitative estimate of drug-likeness (QED) is 0.895. The second-order valence-electron chi connectivity index (χ2n) is 4.65. The topological polar surface area (TPSA) is 64.3 Å². The average molecular weight is 303 g/mol. The van der Waals surface area contributed by atoms with E-state index in [0.29, 0.717) is 22.3 Å². The largest absolute Gasteiger partial charge is 0.446 e. The zero-order valence-corrected chi connectivity index (χ0v) is 11.9. The molecule has 1 fully saturated rings. The monoisotopic (exact) mass is 302 g/mol. The van der Waals surface area contributed by atoms with E-state index in [9.17, 15) is 4.79 Å². The molecule has 1 aliphatic rings. The maximum atomic E-state index is 11.8. The van der Waals surface area contributed by atoms with E-state index in [1.165, 1.54) is 0 Å². The summed E-state index contributed by atoms with van der Waals surface area (Å²) in [4.78, 5) is 11.8. The highest BCUT2D eigenvalue weighted by Gasteiger charge is 2.29. The Kier molecular flexibility index (Phi) is 4.91. The summed E-state index contributed by atoms with van der Waals surface area (Å²) in [5, 5.41) is 3.55. The van der Waals surface area contributed by atoms with Crippen LogP contribution in [0.5, 0.6) is 0 Å².